The summed E-state index contributed by atoms with van der Waals surface area (Å²) in [4.78, 5) is 4.73. The Morgan fingerprint density at radius 1 is 1.17 bits per heavy atom. The SMILES string of the molecule is Cc1ccc2nc(-c3ccccc3CBr)sc2c1. The fraction of sp³-hybridized carbons (Fsp3) is 0.133. The van der Waals surface area contributed by atoms with E-state index in [1.165, 1.54) is 21.4 Å². The van der Waals surface area contributed by atoms with Gasteiger partial charge in [0.15, 0.2) is 0 Å². The minimum Gasteiger partial charge on any atom is -0.236 e. The van der Waals surface area contributed by atoms with E-state index in [1.54, 1.807) is 11.3 Å². The Bertz CT molecular complexity index is 703. The highest BCUT2D eigenvalue weighted by Gasteiger charge is 2.09. The van der Waals surface area contributed by atoms with E-state index >= 15 is 0 Å². The fourth-order valence-electron chi connectivity index (χ4n) is 1.99. The van der Waals surface area contributed by atoms with Gasteiger partial charge in [-0.15, -0.1) is 11.3 Å². The van der Waals surface area contributed by atoms with Crippen LogP contribution in [0.5, 0.6) is 0 Å². The molecule has 3 heteroatoms. The first-order valence-corrected chi connectivity index (χ1v) is 7.73. The van der Waals surface area contributed by atoms with E-state index in [1.807, 2.05) is 0 Å². The number of alkyl halides is 1. The molecule has 0 N–H and O–H groups in total. The normalized spacial score (nSPS) is 11.0. The van der Waals surface area contributed by atoms with Crippen LogP contribution in [0.15, 0.2) is 42.5 Å². The molecule has 0 saturated heterocycles. The van der Waals surface area contributed by atoms with Crippen LogP contribution in [0.4, 0.5) is 0 Å². The van der Waals surface area contributed by atoms with Gasteiger partial charge in [-0.05, 0) is 30.2 Å². The standard InChI is InChI=1S/C15H12BrNS/c1-10-6-7-13-14(8-10)18-15(17-13)12-5-3-2-4-11(12)9-16/h2-8H,9H2,1H3. The summed E-state index contributed by atoms with van der Waals surface area (Å²) >= 11 is 5.30. The first kappa shape index (κ1) is 11.9. The molecular weight excluding hydrogens is 306 g/mol. The predicted molar refractivity (Wildman–Crippen MR) is 82.4 cm³/mol. The van der Waals surface area contributed by atoms with Crippen molar-refractivity contribution in [1.82, 2.24) is 4.98 Å². The van der Waals surface area contributed by atoms with Crippen molar-refractivity contribution in [3.8, 4) is 10.6 Å². The molecule has 0 amide bonds. The number of hydrogen-bond acceptors (Lipinski definition) is 2. The van der Waals surface area contributed by atoms with Crippen LogP contribution in [0.2, 0.25) is 0 Å². The van der Waals surface area contributed by atoms with Gasteiger partial charge >= 0.3 is 0 Å². The van der Waals surface area contributed by atoms with E-state index < -0.39 is 0 Å². The predicted octanol–water partition coefficient (Wildman–Crippen LogP) is 5.17. The summed E-state index contributed by atoms with van der Waals surface area (Å²) < 4.78 is 1.26. The molecule has 0 spiro atoms. The van der Waals surface area contributed by atoms with Crippen LogP contribution in [0.25, 0.3) is 20.8 Å². The van der Waals surface area contributed by atoms with Gasteiger partial charge in [0.25, 0.3) is 0 Å². The number of fused-ring (bicyclic) bond motifs is 1. The van der Waals surface area contributed by atoms with Gasteiger partial charge < -0.3 is 0 Å². The lowest BCUT2D eigenvalue weighted by molar-refractivity contribution is 1.39. The van der Waals surface area contributed by atoms with Gasteiger partial charge in [-0.1, -0.05) is 46.3 Å². The largest absolute Gasteiger partial charge is 0.236 e. The van der Waals surface area contributed by atoms with Crippen molar-refractivity contribution in [3.05, 3.63) is 53.6 Å². The monoisotopic (exact) mass is 317 g/mol. The third-order valence-corrected chi connectivity index (χ3v) is 4.59. The minimum absolute atomic E-state index is 0.859. The zero-order chi connectivity index (χ0) is 12.5. The van der Waals surface area contributed by atoms with Gasteiger partial charge in [0.2, 0.25) is 0 Å². The van der Waals surface area contributed by atoms with Crippen molar-refractivity contribution in [2.45, 2.75) is 12.3 Å². The summed E-state index contributed by atoms with van der Waals surface area (Å²) in [6.07, 6.45) is 0. The van der Waals surface area contributed by atoms with Crippen LogP contribution >= 0.6 is 27.3 Å². The highest BCUT2D eigenvalue weighted by atomic mass is 79.9. The average Bonchev–Trinajstić information content (AvgIpc) is 2.81. The summed E-state index contributed by atoms with van der Waals surface area (Å²) in [5.74, 6) is 0. The lowest BCUT2D eigenvalue weighted by Gasteiger charge is -2.02. The lowest BCUT2D eigenvalue weighted by atomic mass is 10.1. The molecule has 1 heterocycles. The molecule has 3 rings (SSSR count). The Labute approximate surface area is 119 Å². The maximum Gasteiger partial charge on any atom is 0.124 e. The van der Waals surface area contributed by atoms with E-state index in [2.05, 4.69) is 65.3 Å². The zero-order valence-electron chi connectivity index (χ0n) is 9.98. The second-order valence-electron chi connectivity index (χ2n) is 4.28. The number of halogens is 1. The maximum absolute atomic E-state index is 4.73. The Hall–Kier alpha value is -1.19. The number of benzene rings is 2. The lowest BCUT2D eigenvalue weighted by Crippen LogP contribution is -1.84. The van der Waals surface area contributed by atoms with Crippen molar-refractivity contribution < 1.29 is 0 Å². The molecule has 0 aliphatic rings. The maximum atomic E-state index is 4.73. The second kappa shape index (κ2) is 4.82. The fourth-order valence-corrected chi connectivity index (χ4v) is 3.61. The van der Waals surface area contributed by atoms with Crippen molar-refractivity contribution in [3.63, 3.8) is 0 Å². The number of aryl methyl sites for hydroxylation is 1. The smallest absolute Gasteiger partial charge is 0.124 e. The summed E-state index contributed by atoms with van der Waals surface area (Å²) in [6.45, 7) is 2.12. The van der Waals surface area contributed by atoms with E-state index in [9.17, 15) is 0 Å². The van der Waals surface area contributed by atoms with Gasteiger partial charge in [0.05, 0.1) is 10.2 Å². The number of hydrogen-bond donors (Lipinski definition) is 0. The number of rotatable bonds is 2. The van der Waals surface area contributed by atoms with Crippen molar-refractivity contribution in [2.24, 2.45) is 0 Å². The minimum atomic E-state index is 0.859. The van der Waals surface area contributed by atoms with Crippen molar-refractivity contribution >= 4 is 37.5 Å². The molecular formula is C15H12BrNS. The Morgan fingerprint density at radius 3 is 2.83 bits per heavy atom. The molecule has 0 atom stereocenters. The van der Waals surface area contributed by atoms with Crippen LogP contribution in [0.1, 0.15) is 11.1 Å². The molecule has 0 aliphatic carbocycles. The van der Waals surface area contributed by atoms with Crippen molar-refractivity contribution in [2.75, 3.05) is 0 Å². The van der Waals surface area contributed by atoms with Gasteiger partial charge in [0.1, 0.15) is 5.01 Å². The third-order valence-electron chi connectivity index (χ3n) is 2.94. The highest BCUT2D eigenvalue weighted by molar-refractivity contribution is 9.08. The third kappa shape index (κ3) is 2.08. The topological polar surface area (TPSA) is 12.9 Å². The number of aromatic nitrogens is 1. The summed E-state index contributed by atoms with van der Waals surface area (Å²) in [5.41, 5.74) is 4.89. The summed E-state index contributed by atoms with van der Waals surface area (Å²) in [7, 11) is 0. The highest BCUT2D eigenvalue weighted by Crippen LogP contribution is 2.33. The van der Waals surface area contributed by atoms with Gasteiger partial charge in [0, 0.05) is 10.9 Å². The van der Waals surface area contributed by atoms with Gasteiger partial charge in [-0.25, -0.2) is 4.98 Å². The first-order valence-electron chi connectivity index (χ1n) is 5.79. The van der Waals surface area contributed by atoms with E-state index in [-0.39, 0.29) is 0 Å². The zero-order valence-corrected chi connectivity index (χ0v) is 12.4. The Kier molecular flexibility index (Phi) is 3.18. The molecule has 90 valence electrons. The second-order valence-corrected chi connectivity index (χ2v) is 5.87. The van der Waals surface area contributed by atoms with E-state index in [0.29, 0.717) is 0 Å². The molecule has 0 fully saturated rings. The molecule has 2 aromatic carbocycles. The quantitative estimate of drug-likeness (QED) is 0.594. The molecule has 18 heavy (non-hydrogen) atoms. The van der Waals surface area contributed by atoms with Crippen LogP contribution in [0.3, 0.4) is 0 Å². The number of thiazole rings is 1. The molecule has 0 bridgehead atoms. The number of nitrogens with zero attached hydrogens (tertiary/aromatic N) is 1. The molecule has 0 unspecified atom stereocenters. The average molecular weight is 318 g/mol. The van der Waals surface area contributed by atoms with E-state index in [0.717, 1.165) is 15.9 Å². The van der Waals surface area contributed by atoms with Crippen LogP contribution in [-0.4, -0.2) is 4.98 Å². The summed E-state index contributed by atoms with van der Waals surface area (Å²) in [5, 5.41) is 1.96. The summed E-state index contributed by atoms with van der Waals surface area (Å²) in [6, 6.07) is 14.8. The van der Waals surface area contributed by atoms with Crippen LogP contribution < -0.4 is 0 Å². The molecule has 1 nitrogen and oxygen atoms in total. The molecule has 1 aromatic heterocycles. The van der Waals surface area contributed by atoms with E-state index in [4.69, 9.17) is 4.98 Å². The Morgan fingerprint density at radius 2 is 2.00 bits per heavy atom. The first-order chi connectivity index (χ1) is 8.78. The molecule has 0 aliphatic heterocycles. The Balaban J connectivity index is 2.19. The molecule has 3 aromatic rings. The van der Waals surface area contributed by atoms with Gasteiger partial charge in [-0.3, -0.25) is 0 Å². The molecule has 0 radical (unpaired) electrons. The molecule has 0 saturated carbocycles. The van der Waals surface area contributed by atoms with Gasteiger partial charge in [-0.2, -0.15) is 0 Å². The van der Waals surface area contributed by atoms with Crippen LogP contribution in [-0.2, 0) is 5.33 Å². The van der Waals surface area contributed by atoms with Crippen molar-refractivity contribution in [1.29, 1.82) is 0 Å². The van der Waals surface area contributed by atoms with Crippen LogP contribution in [0, 0.1) is 6.92 Å².